The zero-order valence-electron chi connectivity index (χ0n) is 12.0. The molecule has 3 heterocycles. The molecule has 3 rings (SSSR count). The van der Waals surface area contributed by atoms with E-state index >= 15 is 0 Å². The van der Waals surface area contributed by atoms with Gasteiger partial charge in [-0.2, -0.15) is 0 Å². The Bertz CT molecular complexity index is 405. The molecule has 0 radical (unpaired) electrons. The van der Waals surface area contributed by atoms with E-state index in [-0.39, 0.29) is 0 Å². The third-order valence-electron chi connectivity index (χ3n) is 4.36. The van der Waals surface area contributed by atoms with Gasteiger partial charge in [-0.05, 0) is 6.54 Å². The topological polar surface area (TPSA) is 35.8 Å². The second-order valence-corrected chi connectivity index (χ2v) is 5.68. The molecular weight excluding hydrogens is 240 g/mol. The lowest BCUT2D eigenvalue weighted by molar-refractivity contribution is 0.00157. The van der Waals surface area contributed by atoms with E-state index in [1.165, 1.54) is 45.8 Å². The van der Waals surface area contributed by atoms with Crippen LogP contribution in [0.25, 0.3) is 0 Å². The molecule has 106 valence electrons. The molecule has 1 aromatic rings. The van der Waals surface area contributed by atoms with E-state index in [9.17, 15) is 0 Å². The van der Waals surface area contributed by atoms with E-state index in [1.54, 1.807) is 6.26 Å². The lowest BCUT2D eigenvalue weighted by atomic mass is 10.1. The van der Waals surface area contributed by atoms with Crippen LogP contribution in [0.4, 0.5) is 0 Å². The highest BCUT2D eigenvalue weighted by atomic mass is 16.3. The molecule has 5 heteroatoms. The van der Waals surface area contributed by atoms with Gasteiger partial charge in [0, 0.05) is 58.8 Å². The van der Waals surface area contributed by atoms with Crippen molar-refractivity contribution in [1.82, 2.24) is 19.7 Å². The van der Waals surface area contributed by atoms with Crippen LogP contribution in [0.15, 0.2) is 10.7 Å². The van der Waals surface area contributed by atoms with Crippen LogP contribution < -0.4 is 0 Å². The Balaban J connectivity index is 1.41. The highest BCUT2D eigenvalue weighted by Crippen LogP contribution is 2.19. The molecule has 19 heavy (non-hydrogen) atoms. The largest absolute Gasteiger partial charge is 0.449 e. The van der Waals surface area contributed by atoms with E-state index in [0.717, 1.165) is 24.2 Å². The Labute approximate surface area is 115 Å². The number of likely N-dealkylation sites (tertiary alicyclic amines) is 1. The summed E-state index contributed by atoms with van der Waals surface area (Å²) >= 11 is 0. The van der Waals surface area contributed by atoms with E-state index < -0.39 is 0 Å². The standard InChI is InChI=1S/C14H24N4O/c1-3-16-4-6-18(7-5-16)14-9-17(10-14)8-13-11-19-12(2)15-13/h11,14H,3-10H2,1-2H3. The monoisotopic (exact) mass is 264 g/mol. The summed E-state index contributed by atoms with van der Waals surface area (Å²) in [4.78, 5) is 12.0. The number of aromatic nitrogens is 1. The third-order valence-corrected chi connectivity index (χ3v) is 4.36. The van der Waals surface area contributed by atoms with Gasteiger partial charge in [-0.15, -0.1) is 0 Å². The molecule has 2 aliphatic rings. The number of rotatable bonds is 4. The molecule has 2 saturated heterocycles. The number of hydrogen-bond donors (Lipinski definition) is 0. The van der Waals surface area contributed by atoms with Crippen molar-refractivity contribution < 1.29 is 4.42 Å². The zero-order chi connectivity index (χ0) is 13.2. The first-order valence-electron chi connectivity index (χ1n) is 7.34. The summed E-state index contributed by atoms with van der Waals surface area (Å²) in [7, 11) is 0. The average molecular weight is 264 g/mol. The maximum Gasteiger partial charge on any atom is 0.191 e. The first-order chi connectivity index (χ1) is 9.24. The number of hydrogen-bond acceptors (Lipinski definition) is 5. The number of piperazine rings is 1. The molecule has 0 spiro atoms. The highest BCUT2D eigenvalue weighted by Gasteiger charge is 2.33. The average Bonchev–Trinajstić information content (AvgIpc) is 2.79. The lowest BCUT2D eigenvalue weighted by Crippen LogP contribution is -2.62. The molecule has 0 amide bonds. The molecule has 0 bridgehead atoms. The van der Waals surface area contributed by atoms with E-state index in [0.29, 0.717) is 0 Å². The second kappa shape index (κ2) is 5.61. The van der Waals surface area contributed by atoms with Gasteiger partial charge < -0.3 is 9.32 Å². The first-order valence-corrected chi connectivity index (χ1v) is 7.34. The summed E-state index contributed by atoms with van der Waals surface area (Å²) in [6, 6.07) is 0.756. The van der Waals surface area contributed by atoms with Crippen molar-refractivity contribution in [3.05, 3.63) is 17.8 Å². The smallest absolute Gasteiger partial charge is 0.191 e. The van der Waals surface area contributed by atoms with Crippen molar-refractivity contribution in [3.63, 3.8) is 0 Å². The lowest BCUT2D eigenvalue weighted by Gasteiger charge is -2.48. The van der Waals surface area contributed by atoms with Gasteiger partial charge in [0.15, 0.2) is 5.89 Å². The molecular formula is C14H24N4O. The molecule has 0 saturated carbocycles. The Morgan fingerprint density at radius 2 is 1.95 bits per heavy atom. The van der Waals surface area contributed by atoms with Crippen molar-refractivity contribution in [2.75, 3.05) is 45.8 Å². The van der Waals surface area contributed by atoms with Crippen LogP contribution in [0.1, 0.15) is 18.5 Å². The highest BCUT2D eigenvalue weighted by molar-refractivity contribution is 4.99. The van der Waals surface area contributed by atoms with Crippen molar-refractivity contribution in [3.8, 4) is 0 Å². The molecule has 5 nitrogen and oxygen atoms in total. The number of nitrogens with zero attached hydrogens (tertiary/aromatic N) is 4. The normalized spacial score (nSPS) is 23.7. The van der Waals surface area contributed by atoms with E-state index in [4.69, 9.17) is 4.42 Å². The molecule has 2 aliphatic heterocycles. The van der Waals surface area contributed by atoms with Crippen molar-refractivity contribution in [2.24, 2.45) is 0 Å². The van der Waals surface area contributed by atoms with Gasteiger partial charge in [-0.3, -0.25) is 9.80 Å². The van der Waals surface area contributed by atoms with Gasteiger partial charge in [0.25, 0.3) is 0 Å². The molecule has 0 atom stereocenters. The Morgan fingerprint density at radius 1 is 1.21 bits per heavy atom. The van der Waals surface area contributed by atoms with Crippen LogP contribution in [0.2, 0.25) is 0 Å². The quantitative estimate of drug-likeness (QED) is 0.804. The van der Waals surface area contributed by atoms with Crippen LogP contribution in [-0.4, -0.2) is 71.5 Å². The van der Waals surface area contributed by atoms with Gasteiger partial charge in [-0.25, -0.2) is 4.98 Å². The molecule has 1 aromatic heterocycles. The maximum absolute atomic E-state index is 5.25. The third kappa shape index (κ3) is 2.99. The minimum atomic E-state index is 0.756. The van der Waals surface area contributed by atoms with Gasteiger partial charge >= 0.3 is 0 Å². The summed E-state index contributed by atoms with van der Waals surface area (Å²) < 4.78 is 5.25. The SMILES string of the molecule is CCN1CCN(C2CN(Cc3coc(C)n3)C2)CC1. The Kier molecular flexibility index (Phi) is 3.86. The summed E-state index contributed by atoms with van der Waals surface area (Å²) in [5, 5.41) is 0. The molecule has 0 aromatic carbocycles. The predicted molar refractivity (Wildman–Crippen MR) is 74.0 cm³/mol. The summed E-state index contributed by atoms with van der Waals surface area (Å²) in [6.07, 6.45) is 1.78. The van der Waals surface area contributed by atoms with Crippen LogP contribution in [0.5, 0.6) is 0 Å². The maximum atomic E-state index is 5.25. The minimum Gasteiger partial charge on any atom is -0.449 e. The number of likely N-dealkylation sites (N-methyl/N-ethyl adjacent to an activating group) is 1. The minimum absolute atomic E-state index is 0.756. The summed E-state index contributed by atoms with van der Waals surface area (Å²) in [5.74, 6) is 0.766. The second-order valence-electron chi connectivity index (χ2n) is 5.68. The Morgan fingerprint density at radius 3 is 2.53 bits per heavy atom. The molecule has 2 fully saturated rings. The Hall–Kier alpha value is -0.910. The fourth-order valence-electron chi connectivity index (χ4n) is 3.06. The van der Waals surface area contributed by atoms with Crippen LogP contribution >= 0.6 is 0 Å². The van der Waals surface area contributed by atoms with E-state index in [1.807, 2.05) is 6.92 Å². The summed E-state index contributed by atoms with van der Waals surface area (Å²) in [5.41, 5.74) is 1.06. The molecule has 0 unspecified atom stereocenters. The predicted octanol–water partition coefficient (Wildman–Crippen LogP) is 0.805. The molecule has 0 aliphatic carbocycles. The van der Waals surface area contributed by atoms with Crippen LogP contribution in [0, 0.1) is 6.92 Å². The van der Waals surface area contributed by atoms with Gasteiger partial charge in [0.1, 0.15) is 6.26 Å². The molecule has 0 N–H and O–H groups in total. The van der Waals surface area contributed by atoms with Crippen LogP contribution in [0.3, 0.4) is 0 Å². The summed E-state index contributed by atoms with van der Waals surface area (Å²) in [6.45, 7) is 13.6. The van der Waals surface area contributed by atoms with Gasteiger partial charge in [0.05, 0.1) is 5.69 Å². The fraction of sp³-hybridized carbons (Fsp3) is 0.786. The van der Waals surface area contributed by atoms with Crippen molar-refractivity contribution in [2.45, 2.75) is 26.4 Å². The first kappa shape index (κ1) is 13.1. The fourth-order valence-corrected chi connectivity index (χ4v) is 3.06. The van der Waals surface area contributed by atoms with Gasteiger partial charge in [0.2, 0.25) is 0 Å². The van der Waals surface area contributed by atoms with Gasteiger partial charge in [-0.1, -0.05) is 6.92 Å². The van der Waals surface area contributed by atoms with Crippen LogP contribution in [-0.2, 0) is 6.54 Å². The number of aryl methyl sites for hydroxylation is 1. The van der Waals surface area contributed by atoms with E-state index in [2.05, 4.69) is 26.6 Å². The van der Waals surface area contributed by atoms with Crippen molar-refractivity contribution >= 4 is 0 Å². The van der Waals surface area contributed by atoms with Crippen molar-refractivity contribution in [1.29, 1.82) is 0 Å². The number of oxazole rings is 1. The zero-order valence-corrected chi connectivity index (χ0v) is 12.0.